The number of hydrogen-bond donors (Lipinski definition) is 0. The minimum atomic E-state index is 0.202. The first-order chi connectivity index (χ1) is 11.3. The molecule has 1 heteroatoms. The van der Waals surface area contributed by atoms with Gasteiger partial charge in [-0.3, -0.25) is 4.98 Å². The zero-order chi connectivity index (χ0) is 15.7. The highest BCUT2D eigenvalue weighted by molar-refractivity contribution is 5.97. The molecule has 4 rings (SSSR count). The third kappa shape index (κ3) is 2.55. The highest BCUT2D eigenvalue weighted by atomic mass is 14.7. The number of aromatic nitrogens is 1. The normalized spacial score (nSPS) is 17.3. The van der Waals surface area contributed by atoms with Crippen LogP contribution < -0.4 is 0 Å². The number of rotatable bonds is 2. The summed E-state index contributed by atoms with van der Waals surface area (Å²) in [7, 11) is 0. The van der Waals surface area contributed by atoms with Gasteiger partial charge in [0, 0.05) is 22.6 Å². The molecule has 0 spiro atoms. The fourth-order valence-corrected chi connectivity index (χ4v) is 4.09. The lowest BCUT2D eigenvalue weighted by Crippen LogP contribution is -2.27. The summed E-state index contributed by atoms with van der Waals surface area (Å²) >= 11 is 0. The second-order valence-corrected chi connectivity index (χ2v) is 7.06. The molecule has 0 unspecified atom stereocenters. The first-order valence-electron chi connectivity index (χ1n) is 8.72. The van der Waals surface area contributed by atoms with Crippen molar-refractivity contribution < 1.29 is 0 Å². The third-order valence-corrected chi connectivity index (χ3v) is 5.39. The van der Waals surface area contributed by atoms with Crippen molar-refractivity contribution in [1.29, 1.82) is 0 Å². The zero-order valence-electron chi connectivity index (χ0n) is 13.8. The van der Waals surface area contributed by atoms with Gasteiger partial charge in [0.15, 0.2) is 0 Å². The predicted octanol–water partition coefficient (Wildman–Crippen LogP) is 6.12. The Morgan fingerprint density at radius 1 is 0.826 bits per heavy atom. The summed E-state index contributed by atoms with van der Waals surface area (Å²) in [6.07, 6.45) is 8.57. The van der Waals surface area contributed by atoms with Crippen LogP contribution in [-0.4, -0.2) is 4.98 Å². The first-order valence-corrected chi connectivity index (χ1v) is 8.72. The maximum atomic E-state index is 4.98. The lowest BCUT2D eigenvalue weighted by atomic mass is 9.71. The van der Waals surface area contributed by atoms with Crippen molar-refractivity contribution in [3.8, 4) is 11.1 Å². The van der Waals surface area contributed by atoms with Gasteiger partial charge in [0.05, 0.1) is 5.69 Å². The molecule has 1 fully saturated rings. The number of nitrogens with zero attached hydrogens (tertiary/aromatic N) is 1. The first kappa shape index (κ1) is 14.4. The molecular weight excluding hydrogens is 278 g/mol. The molecule has 2 aromatic carbocycles. The number of benzene rings is 2. The maximum Gasteiger partial charge on any atom is 0.0547 e. The monoisotopic (exact) mass is 301 g/mol. The van der Waals surface area contributed by atoms with Crippen LogP contribution in [0.15, 0.2) is 60.8 Å². The van der Waals surface area contributed by atoms with Gasteiger partial charge in [-0.15, -0.1) is 0 Å². The van der Waals surface area contributed by atoms with Crippen molar-refractivity contribution in [3.05, 3.63) is 66.5 Å². The number of fused-ring (bicyclic) bond motifs is 1. The lowest BCUT2D eigenvalue weighted by Gasteiger charge is -2.35. The van der Waals surface area contributed by atoms with Crippen LogP contribution in [0.25, 0.3) is 21.9 Å². The fourth-order valence-electron chi connectivity index (χ4n) is 4.09. The van der Waals surface area contributed by atoms with Crippen molar-refractivity contribution in [2.75, 3.05) is 0 Å². The molecule has 1 aliphatic rings. The molecule has 0 aliphatic heterocycles. The molecule has 1 aliphatic carbocycles. The fraction of sp³-hybridized carbons (Fsp3) is 0.318. The largest absolute Gasteiger partial charge is 0.259 e. The summed E-state index contributed by atoms with van der Waals surface area (Å²) in [5.74, 6) is 0. The van der Waals surface area contributed by atoms with Gasteiger partial charge in [0.1, 0.15) is 0 Å². The average Bonchev–Trinajstić information content (AvgIpc) is 2.62. The van der Waals surface area contributed by atoms with Crippen molar-refractivity contribution in [2.45, 2.75) is 44.4 Å². The molecule has 0 N–H and O–H groups in total. The van der Waals surface area contributed by atoms with Gasteiger partial charge in [-0.05, 0) is 23.8 Å². The summed E-state index contributed by atoms with van der Waals surface area (Å²) in [5, 5.41) is 2.56. The number of pyridine rings is 1. The summed E-state index contributed by atoms with van der Waals surface area (Å²) in [5.41, 5.74) is 4.13. The SMILES string of the molecule is CC1(c2ncc3ccccc3c2-c2ccccc2)CCCCC1. The molecule has 0 bridgehead atoms. The maximum absolute atomic E-state index is 4.98. The van der Waals surface area contributed by atoms with Crippen molar-refractivity contribution in [1.82, 2.24) is 4.98 Å². The van der Waals surface area contributed by atoms with Gasteiger partial charge < -0.3 is 0 Å². The molecule has 0 radical (unpaired) electrons. The molecule has 1 heterocycles. The molecule has 1 aromatic heterocycles. The summed E-state index contributed by atoms with van der Waals surface area (Å²) in [6, 6.07) is 19.4. The van der Waals surface area contributed by atoms with E-state index in [1.54, 1.807) is 0 Å². The quantitative estimate of drug-likeness (QED) is 0.555. The van der Waals surface area contributed by atoms with E-state index in [0.717, 1.165) is 0 Å². The van der Waals surface area contributed by atoms with Crippen LogP contribution in [0.2, 0.25) is 0 Å². The zero-order valence-corrected chi connectivity index (χ0v) is 13.8. The van der Waals surface area contributed by atoms with E-state index in [0.29, 0.717) is 0 Å². The van der Waals surface area contributed by atoms with Crippen molar-refractivity contribution in [3.63, 3.8) is 0 Å². The molecule has 0 amide bonds. The minimum Gasteiger partial charge on any atom is -0.259 e. The Morgan fingerprint density at radius 3 is 2.30 bits per heavy atom. The summed E-state index contributed by atoms with van der Waals surface area (Å²) in [6.45, 7) is 2.41. The Labute approximate surface area is 138 Å². The van der Waals surface area contributed by atoms with E-state index in [1.165, 1.54) is 59.7 Å². The molecule has 3 aromatic rings. The Bertz CT molecular complexity index is 814. The number of hydrogen-bond acceptors (Lipinski definition) is 1. The van der Waals surface area contributed by atoms with E-state index in [-0.39, 0.29) is 5.41 Å². The molecule has 0 atom stereocenters. The van der Waals surface area contributed by atoms with Gasteiger partial charge in [-0.2, -0.15) is 0 Å². The molecule has 116 valence electrons. The third-order valence-electron chi connectivity index (χ3n) is 5.39. The predicted molar refractivity (Wildman–Crippen MR) is 97.6 cm³/mol. The standard InChI is InChI=1S/C22H23N/c1-22(14-8-3-9-15-22)21-20(17-10-4-2-5-11-17)19-13-7-6-12-18(19)16-23-21/h2,4-7,10-13,16H,3,8-9,14-15H2,1H3. The molecular formula is C22H23N. The van der Waals surface area contributed by atoms with Gasteiger partial charge in [-0.1, -0.05) is 80.8 Å². The average molecular weight is 301 g/mol. The molecule has 1 nitrogen and oxygen atoms in total. The van der Waals surface area contributed by atoms with E-state index in [1.807, 2.05) is 0 Å². The van der Waals surface area contributed by atoms with E-state index in [4.69, 9.17) is 4.98 Å². The van der Waals surface area contributed by atoms with Crippen LogP contribution in [0, 0.1) is 0 Å². The van der Waals surface area contributed by atoms with Gasteiger partial charge in [0.25, 0.3) is 0 Å². The topological polar surface area (TPSA) is 12.9 Å². The van der Waals surface area contributed by atoms with Crippen LogP contribution in [0.1, 0.15) is 44.7 Å². The summed E-state index contributed by atoms with van der Waals surface area (Å²) in [4.78, 5) is 4.98. The van der Waals surface area contributed by atoms with E-state index < -0.39 is 0 Å². The minimum absolute atomic E-state index is 0.202. The Morgan fingerprint density at radius 2 is 1.52 bits per heavy atom. The van der Waals surface area contributed by atoms with Gasteiger partial charge in [0.2, 0.25) is 0 Å². The smallest absolute Gasteiger partial charge is 0.0547 e. The van der Waals surface area contributed by atoms with Crippen molar-refractivity contribution in [2.24, 2.45) is 0 Å². The van der Waals surface area contributed by atoms with Crippen molar-refractivity contribution >= 4 is 10.8 Å². The Kier molecular flexibility index (Phi) is 3.65. The molecule has 23 heavy (non-hydrogen) atoms. The van der Waals surface area contributed by atoms with Crippen LogP contribution in [0.5, 0.6) is 0 Å². The Hall–Kier alpha value is -2.15. The van der Waals surface area contributed by atoms with E-state index in [9.17, 15) is 0 Å². The highest BCUT2D eigenvalue weighted by Gasteiger charge is 2.33. The van der Waals surface area contributed by atoms with E-state index in [2.05, 4.69) is 67.7 Å². The lowest BCUT2D eigenvalue weighted by molar-refractivity contribution is 0.313. The van der Waals surface area contributed by atoms with Crippen LogP contribution in [0.3, 0.4) is 0 Å². The highest BCUT2D eigenvalue weighted by Crippen LogP contribution is 2.44. The van der Waals surface area contributed by atoms with Crippen LogP contribution in [-0.2, 0) is 5.41 Å². The van der Waals surface area contributed by atoms with Crippen LogP contribution in [0.4, 0.5) is 0 Å². The van der Waals surface area contributed by atoms with Crippen LogP contribution >= 0.6 is 0 Å². The molecule has 0 saturated heterocycles. The second-order valence-electron chi connectivity index (χ2n) is 7.06. The van der Waals surface area contributed by atoms with E-state index >= 15 is 0 Å². The summed E-state index contributed by atoms with van der Waals surface area (Å²) < 4.78 is 0. The van der Waals surface area contributed by atoms with Gasteiger partial charge >= 0.3 is 0 Å². The Balaban J connectivity index is 2.01. The molecule has 1 saturated carbocycles. The second kappa shape index (κ2) is 5.81. The van der Waals surface area contributed by atoms with Gasteiger partial charge in [-0.25, -0.2) is 0 Å².